The summed E-state index contributed by atoms with van der Waals surface area (Å²) in [7, 11) is 0. The second-order valence-electron chi connectivity index (χ2n) is 5.33. The number of amides is 1. The Hall–Kier alpha value is -1.56. The van der Waals surface area contributed by atoms with Gasteiger partial charge in [0.25, 0.3) is 5.91 Å². The van der Waals surface area contributed by atoms with Crippen molar-refractivity contribution < 1.29 is 9.90 Å². The van der Waals surface area contributed by atoms with Gasteiger partial charge in [-0.05, 0) is 19.8 Å². The van der Waals surface area contributed by atoms with Crippen molar-refractivity contribution in [1.82, 2.24) is 15.1 Å². The predicted molar refractivity (Wildman–Crippen MR) is 61.5 cm³/mol. The van der Waals surface area contributed by atoms with Crippen LogP contribution in [-0.4, -0.2) is 44.8 Å². The molecular formula is C11H16N4O2. The van der Waals surface area contributed by atoms with E-state index in [9.17, 15) is 9.90 Å². The van der Waals surface area contributed by atoms with Gasteiger partial charge in [-0.15, -0.1) is 0 Å². The van der Waals surface area contributed by atoms with Crippen molar-refractivity contribution in [3.05, 3.63) is 11.4 Å². The van der Waals surface area contributed by atoms with Gasteiger partial charge in [-0.2, -0.15) is 5.10 Å². The summed E-state index contributed by atoms with van der Waals surface area (Å²) in [5.74, 6) is 0.251. The highest BCUT2D eigenvalue weighted by molar-refractivity contribution is 5.98. The summed E-state index contributed by atoms with van der Waals surface area (Å²) in [6.45, 7) is 2.40. The fourth-order valence-electron chi connectivity index (χ4n) is 2.28. The van der Waals surface area contributed by atoms with E-state index < -0.39 is 5.60 Å². The lowest BCUT2D eigenvalue weighted by Crippen LogP contribution is -2.61. The van der Waals surface area contributed by atoms with Crippen LogP contribution in [0.3, 0.4) is 0 Å². The fraction of sp³-hybridized carbons (Fsp3) is 0.636. The Balaban J connectivity index is 1.78. The second kappa shape index (κ2) is 3.22. The van der Waals surface area contributed by atoms with Gasteiger partial charge >= 0.3 is 0 Å². The Morgan fingerprint density at radius 3 is 2.76 bits per heavy atom. The third-order valence-corrected chi connectivity index (χ3v) is 3.37. The molecule has 0 bridgehead atoms. The number of hydrogen-bond donors (Lipinski definition) is 3. The Labute approximate surface area is 98.8 Å². The molecule has 6 nitrogen and oxygen atoms in total. The molecule has 0 unspecified atom stereocenters. The van der Waals surface area contributed by atoms with Crippen LogP contribution in [0.15, 0.2) is 0 Å². The highest BCUT2D eigenvalue weighted by atomic mass is 16.3. The Morgan fingerprint density at radius 2 is 2.24 bits per heavy atom. The molecule has 2 fully saturated rings. The Morgan fingerprint density at radius 1 is 1.59 bits per heavy atom. The topological polar surface area (TPSA) is 95.2 Å². The van der Waals surface area contributed by atoms with Gasteiger partial charge in [0.1, 0.15) is 0 Å². The largest absolute Gasteiger partial charge is 0.395 e. The molecule has 2 heterocycles. The van der Waals surface area contributed by atoms with Crippen molar-refractivity contribution >= 4 is 11.6 Å². The van der Waals surface area contributed by atoms with Gasteiger partial charge < -0.3 is 15.7 Å². The summed E-state index contributed by atoms with van der Waals surface area (Å²) in [4.78, 5) is 13.6. The van der Waals surface area contributed by atoms with E-state index in [0.717, 1.165) is 18.5 Å². The first-order chi connectivity index (χ1) is 7.98. The van der Waals surface area contributed by atoms with Crippen molar-refractivity contribution in [2.24, 2.45) is 0 Å². The molecule has 1 saturated carbocycles. The number of carbonyl (C=O) groups excluding carboxylic acids is 1. The molecular weight excluding hydrogens is 220 g/mol. The van der Waals surface area contributed by atoms with Crippen LogP contribution in [0.5, 0.6) is 0 Å². The smallest absolute Gasteiger partial charge is 0.276 e. The quantitative estimate of drug-likeness (QED) is 0.677. The zero-order valence-corrected chi connectivity index (χ0v) is 9.73. The summed E-state index contributed by atoms with van der Waals surface area (Å²) >= 11 is 0. The first kappa shape index (κ1) is 10.6. The minimum absolute atomic E-state index is 0.197. The molecule has 1 amide bonds. The van der Waals surface area contributed by atoms with Gasteiger partial charge in [-0.3, -0.25) is 9.89 Å². The van der Waals surface area contributed by atoms with Gasteiger partial charge in [0.15, 0.2) is 5.69 Å². The van der Waals surface area contributed by atoms with Crippen LogP contribution in [0, 0.1) is 0 Å². The van der Waals surface area contributed by atoms with Crippen LogP contribution < -0.4 is 5.73 Å². The average molecular weight is 236 g/mol. The van der Waals surface area contributed by atoms with E-state index in [2.05, 4.69) is 10.2 Å². The lowest BCUT2D eigenvalue weighted by Gasteiger charge is -2.43. The standard InChI is InChI=1S/C11H16N4O2/c1-11(17)4-15(5-11)10(16)9-7(12)8(13-14-9)6-2-3-6/h6,17H,2-5,12H2,1H3,(H,13,14). The monoisotopic (exact) mass is 236 g/mol. The number of likely N-dealkylation sites (tertiary alicyclic amines) is 1. The maximum atomic E-state index is 12.0. The summed E-state index contributed by atoms with van der Waals surface area (Å²) < 4.78 is 0. The number of aromatic nitrogens is 2. The second-order valence-corrected chi connectivity index (χ2v) is 5.33. The number of hydrogen-bond acceptors (Lipinski definition) is 4. The first-order valence-electron chi connectivity index (χ1n) is 5.83. The SMILES string of the molecule is CC1(O)CN(C(=O)c2n[nH]c(C3CC3)c2N)C1. The van der Waals surface area contributed by atoms with E-state index in [-0.39, 0.29) is 5.91 Å². The highest BCUT2D eigenvalue weighted by Crippen LogP contribution is 2.42. The van der Waals surface area contributed by atoms with Crippen LogP contribution in [0.1, 0.15) is 41.9 Å². The number of nitrogens with one attached hydrogen (secondary N) is 1. The molecule has 1 aromatic heterocycles. The van der Waals surface area contributed by atoms with E-state index in [1.165, 1.54) is 0 Å². The molecule has 1 aliphatic heterocycles. The average Bonchev–Trinajstić information content (AvgIpc) is 2.98. The van der Waals surface area contributed by atoms with E-state index in [0.29, 0.717) is 30.4 Å². The summed E-state index contributed by atoms with van der Waals surface area (Å²) in [5.41, 5.74) is 6.82. The minimum Gasteiger partial charge on any atom is -0.395 e. The number of nitrogen functional groups attached to an aromatic ring is 1. The van der Waals surface area contributed by atoms with Gasteiger partial charge in [-0.25, -0.2) is 0 Å². The van der Waals surface area contributed by atoms with Crippen molar-refractivity contribution in [3.8, 4) is 0 Å². The van der Waals surface area contributed by atoms with Gasteiger partial charge in [0, 0.05) is 5.92 Å². The predicted octanol–water partition coefficient (Wildman–Crippen LogP) is 0.0761. The van der Waals surface area contributed by atoms with Gasteiger partial charge in [-0.1, -0.05) is 0 Å². The number of H-pyrrole nitrogens is 1. The van der Waals surface area contributed by atoms with E-state index in [1.807, 2.05) is 0 Å². The molecule has 92 valence electrons. The van der Waals surface area contributed by atoms with Crippen LogP contribution >= 0.6 is 0 Å². The Bertz CT molecular complexity index is 468. The molecule has 1 aromatic rings. The molecule has 0 aromatic carbocycles. The van der Waals surface area contributed by atoms with Gasteiger partial charge in [0.2, 0.25) is 0 Å². The van der Waals surface area contributed by atoms with E-state index in [4.69, 9.17) is 5.73 Å². The number of rotatable bonds is 2. The number of aliphatic hydroxyl groups is 1. The Kier molecular flexibility index (Phi) is 2.01. The molecule has 1 saturated heterocycles. The minimum atomic E-state index is -0.764. The van der Waals surface area contributed by atoms with Crippen LogP contribution in [0.2, 0.25) is 0 Å². The van der Waals surface area contributed by atoms with E-state index in [1.54, 1.807) is 11.8 Å². The lowest BCUT2D eigenvalue weighted by molar-refractivity contribution is -0.0670. The molecule has 3 rings (SSSR count). The van der Waals surface area contributed by atoms with Gasteiger partial charge in [0.05, 0.1) is 30.1 Å². The molecule has 0 radical (unpaired) electrons. The van der Waals surface area contributed by atoms with Crippen molar-refractivity contribution in [3.63, 3.8) is 0 Å². The van der Waals surface area contributed by atoms with Crippen molar-refractivity contribution in [1.29, 1.82) is 0 Å². The zero-order chi connectivity index (χ0) is 12.2. The van der Waals surface area contributed by atoms with Crippen molar-refractivity contribution in [2.45, 2.75) is 31.3 Å². The molecule has 6 heteroatoms. The number of β-amino-alcohol motifs (C(OH)–C–C–N with tert-alkyl or cyclic N) is 1. The molecule has 1 aliphatic carbocycles. The van der Waals surface area contributed by atoms with Crippen LogP contribution in [0.4, 0.5) is 5.69 Å². The molecule has 0 atom stereocenters. The maximum Gasteiger partial charge on any atom is 0.276 e. The van der Waals surface area contributed by atoms with E-state index >= 15 is 0 Å². The number of carbonyl (C=O) groups is 1. The fourth-order valence-corrected chi connectivity index (χ4v) is 2.28. The summed E-state index contributed by atoms with van der Waals surface area (Å²) in [6, 6.07) is 0. The summed E-state index contributed by atoms with van der Waals surface area (Å²) in [6.07, 6.45) is 2.22. The maximum absolute atomic E-state index is 12.0. The molecule has 17 heavy (non-hydrogen) atoms. The van der Waals surface area contributed by atoms with Crippen LogP contribution in [0.25, 0.3) is 0 Å². The molecule has 2 aliphatic rings. The van der Waals surface area contributed by atoms with Crippen LogP contribution in [-0.2, 0) is 0 Å². The molecule has 0 spiro atoms. The first-order valence-corrected chi connectivity index (χ1v) is 5.83. The highest BCUT2D eigenvalue weighted by Gasteiger charge is 2.41. The molecule has 4 N–H and O–H groups in total. The summed E-state index contributed by atoms with van der Waals surface area (Å²) in [5, 5.41) is 16.5. The zero-order valence-electron chi connectivity index (χ0n) is 9.73. The third-order valence-electron chi connectivity index (χ3n) is 3.37. The normalized spacial score (nSPS) is 22.4. The third kappa shape index (κ3) is 1.68. The number of nitrogens with two attached hydrogens (primary N) is 1. The van der Waals surface area contributed by atoms with Crippen molar-refractivity contribution in [2.75, 3.05) is 18.8 Å². The number of anilines is 1. The number of aromatic amines is 1. The lowest BCUT2D eigenvalue weighted by atomic mass is 9.96. The number of nitrogens with zero attached hydrogens (tertiary/aromatic N) is 2.